The molecule has 4 heteroatoms. The van der Waals surface area contributed by atoms with Gasteiger partial charge in [-0.3, -0.25) is 0 Å². The highest BCUT2D eigenvalue weighted by Gasteiger charge is 2.08. The number of halogens is 1. The third-order valence-electron chi connectivity index (χ3n) is 2.31. The van der Waals surface area contributed by atoms with Crippen molar-refractivity contribution in [1.29, 1.82) is 0 Å². The molecule has 2 aromatic rings. The van der Waals surface area contributed by atoms with Crippen LogP contribution in [-0.4, -0.2) is 17.0 Å². The van der Waals surface area contributed by atoms with Crippen LogP contribution in [0, 0.1) is 0 Å². The van der Waals surface area contributed by atoms with Crippen molar-refractivity contribution in [3.05, 3.63) is 28.5 Å². The van der Waals surface area contributed by atoms with Gasteiger partial charge in [0.2, 0.25) is 0 Å². The van der Waals surface area contributed by atoms with Gasteiger partial charge in [0, 0.05) is 4.47 Å². The van der Waals surface area contributed by atoms with Crippen molar-refractivity contribution in [2.45, 2.75) is 13.0 Å². The van der Waals surface area contributed by atoms with Crippen LogP contribution in [0.4, 0.5) is 0 Å². The maximum Gasteiger partial charge on any atom is 0.124 e. The Labute approximate surface area is 91.1 Å². The van der Waals surface area contributed by atoms with E-state index in [1.807, 2.05) is 25.2 Å². The van der Waals surface area contributed by atoms with Gasteiger partial charge in [0.15, 0.2) is 0 Å². The number of aromatic amines is 1. The van der Waals surface area contributed by atoms with E-state index >= 15 is 0 Å². The van der Waals surface area contributed by atoms with Crippen LogP contribution >= 0.6 is 15.9 Å². The molecule has 1 aromatic carbocycles. The lowest BCUT2D eigenvalue weighted by atomic mass is 10.3. The number of aromatic nitrogens is 2. The van der Waals surface area contributed by atoms with Gasteiger partial charge in [0.05, 0.1) is 17.1 Å². The van der Waals surface area contributed by atoms with Crippen molar-refractivity contribution in [3.63, 3.8) is 0 Å². The number of fused-ring (bicyclic) bond motifs is 1. The van der Waals surface area contributed by atoms with E-state index in [0.717, 1.165) is 21.3 Å². The van der Waals surface area contributed by atoms with Gasteiger partial charge in [-0.1, -0.05) is 15.9 Å². The average molecular weight is 254 g/mol. The van der Waals surface area contributed by atoms with Crippen molar-refractivity contribution in [3.8, 4) is 0 Å². The van der Waals surface area contributed by atoms with Crippen LogP contribution in [0.5, 0.6) is 0 Å². The standard InChI is InChI=1S/C10H12BrN3/c1-6(12-2)10-13-8-4-3-7(11)5-9(8)14-10/h3-6,12H,1-2H3,(H,13,14). The van der Waals surface area contributed by atoms with Crippen molar-refractivity contribution < 1.29 is 0 Å². The van der Waals surface area contributed by atoms with Crippen LogP contribution in [-0.2, 0) is 0 Å². The molecule has 0 bridgehead atoms. The van der Waals surface area contributed by atoms with Gasteiger partial charge in [-0.25, -0.2) is 4.98 Å². The molecular formula is C10H12BrN3. The predicted octanol–water partition coefficient (Wildman–Crippen LogP) is 2.61. The number of nitrogens with zero attached hydrogens (tertiary/aromatic N) is 1. The minimum absolute atomic E-state index is 0.251. The fourth-order valence-electron chi connectivity index (χ4n) is 1.34. The lowest BCUT2D eigenvalue weighted by Gasteiger charge is -2.04. The molecular weight excluding hydrogens is 242 g/mol. The van der Waals surface area contributed by atoms with Gasteiger partial charge in [-0.2, -0.15) is 0 Å². The monoisotopic (exact) mass is 253 g/mol. The first-order valence-electron chi connectivity index (χ1n) is 4.53. The summed E-state index contributed by atoms with van der Waals surface area (Å²) in [4.78, 5) is 7.77. The van der Waals surface area contributed by atoms with Crippen LogP contribution in [0.3, 0.4) is 0 Å². The number of hydrogen-bond donors (Lipinski definition) is 2. The second-order valence-corrected chi connectivity index (χ2v) is 4.21. The summed E-state index contributed by atoms with van der Waals surface area (Å²) in [5.74, 6) is 0.973. The van der Waals surface area contributed by atoms with Crippen molar-refractivity contribution >= 4 is 27.0 Å². The van der Waals surface area contributed by atoms with Gasteiger partial charge in [0.25, 0.3) is 0 Å². The molecule has 3 nitrogen and oxygen atoms in total. The Balaban J connectivity index is 2.51. The van der Waals surface area contributed by atoms with E-state index in [9.17, 15) is 0 Å². The summed E-state index contributed by atoms with van der Waals surface area (Å²) in [6.07, 6.45) is 0. The zero-order chi connectivity index (χ0) is 10.1. The maximum atomic E-state index is 4.49. The van der Waals surface area contributed by atoms with Gasteiger partial charge in [-0.15, -0.1) is 0 Å². The molecule has 1 heterocycles. The van der Waals surface area contributed by atoms with Crippen LogP contribution in [0.2, 0.25) is 0 Å². The van der Waals surface area contributed by atoms with E-state index in [2.05, 4.69) is 38.1 Å². The molecule has 0 aliphatic carbocycles. The van der Waals surface area contributed by atoms with Gasteiger partial charge < -0.3 is 10.3 Å². The summed E-state index contributed by atoms with van der Waals surface area (Å²) >= 11 is 3.43. The minimum atomic E-state index is 0.251. The molecule has 74 valence electrons. The molecule has 2 rings (SSSR count). The summed E-state index contributed by atoms with van der Waals surface area (Å²) in [5, 5.41) is 3.15. The van der Waals surface area contributed by atoms with Crippen LogP contribution < -0.4 is 5.32 Å². The molecule has 0 aliphatic rings. The molecule has 14 heavy (non-hydrogen) atoms. The molecule has 0 amide bonds. The third-order valence-corrected chi connectivity index (χ3v) is 2.80. The Hall–Kier alpha value is -0.870. The number of nitrogens with one attached hydrogen (secondary N) is 2. The summed E-state index contributed by atoms with van der Waals surface area (Å²) < 4.78 is 1.07. The van der Waals surface area contributed by atoms with E-state index in [-0.39, 0.29) is 6.04 Å². The quantitative estimate of drug-likeness (QED) is 0.864. The largest absolute Gasteiger partial charge is 0.341 e. The van der Waals surface area contributed by atoms with Gasteiger partial charge in [0.1, 0.15) is 5.82 Å². The Kier molecular flexibility index (Phi) is 2.56. The van der Waals surface area contributed by atoms with Crippen LogP contribution in [0.25, 0.3) is 11.0 Å². The molecule has 0 radical (unpaired) electrons. The second kappa shape index (κ2) is 3.71. The first-order valence-corrected chi connectivity index (χ1v) is 5.32. The van der Waals surface area contributed by atoms with Gasteiger partial charge >= 0.3 is 0 Å². The number of imidazole rings is 1. The number of benzene rings is 1. The molecule has 1 atom stereocenters. The molecule has 1 aromatic heterocycles. The summed E-state index contributed by atoms with van der Waals surface area (Å²) in [7, 11) is 1.92. The summed E-state index contributed by atoms with van der Waals surface area (Å²) in [6.45, 7) is 2.08. The van der Waals surface area contributed by atoms with Crippen LogP contribution in [0.1, 0.15) is 18.8 Å². The fraction of sp³-hybridized carbons (Fsp3) is 0.300. The summed E-state index contributed by atoms with van der Waals surface area (Å²) in [6, 6.07) is 6.29. The smallest absolute Gasteiger partial charge is 0.124 e. The van der Waals surface area contributed by atoms with Gasteiger partial charge in [-0.05, 0) is 32.2 Å². The lowest BCUT2D eigenvalue weighted by Crippen LogP contribution is -2.13. The molecule has 2 N–H and O–H groups in total. The normalized spacial score (nSPS) is 13.4. The van der Waals surface area contributed by atoms with E-state index < -0.39 is 0 Å². The number of H-pyrrole nitrogens is 1. The first-order chi connectivity index (χ1) is 6.70. The Morgan fingerprint density at radius 2 is 2.29 bits per heavy atom. The third kappa shape index (κ3) is 1.67. The van der Waals surface area contributed by atoms with Crippen molar-refractivity contribution in [2.75, 3.05) is 7.05 Å². The SMILES string of the molecule is CNC(C)c1nc2ccc(Br)cc2[nH]1. The Bertz CT molecular complexity index is 450. The first kappa shape index (κ1) is 9.68. The van der Waals surface area contributed by atoms with E-state index in [0.29, 0.717) is 0 Å². The molecule has 0 saturated carbocycles. The minimum Gasteiger partial charge on any atom is -0.341 e. The topological polar surface area (TPSA) is 40.7 Å². The predicted molar refractivity (Wildman–Crippen MR) is 61.3 cm³/mol. The number of hydrogen-bond acceptors (Lipinski definition) is 2. The maximum absolute atomic E-state index is 4.49. The Morgan fingerprint density at radius 3 is 3.00 bits per heavy atom. The van der Waals surface area contributed by atoms with E-state index in [1.165, 1.54) is 0 Å². The molecule has 0 spiro atoms. The molecule has 0 aliphatic heterocycles. The van der Waals surface area contributed by atoms with E-state index in [4.69, 9.17) is 0 Å². The van der Waals surface area contributed by atoms with Crippen molar-refractivity contribution in [1.82, 2.24) is 15.3 Å². The zero-order valence-corrected chi connectivity index (χ0v) is 9.72. The molecule has 0 saturated heterocycles. The van der Waals surface area contributed by atoms with Crippen molar-refractivity contribution in [2.24, 2.45) is 0 Å². The highest BCUT2D eigenvalue weighted by atomic mass is 79.9. The van der Waals surface area contributed by atoms with E-state index in [1.54, 1.807) is 0 Å². The Morgan fingerprint density at radius 1 is 1.50 bits per heavy atom. The number of rotatable bonds is 2. The fourth-order valence-corrected chi connectivity index (χ4v) is 1.70. The highest BCUT2D eigenvalue weighted by molar-refractivity contribution is 9.10. The highest BCUT2D eigenvalue weighted by Crippen LogP contribution is 2.19. The molecule has 0 fully saturated rings. The summed E-state index contributed by atoms with van der Waals surface area (Å²) in [5.41, 5.74) is 2.07. The average Bonchev–Trinajstić information content (AvgIpc) is 2.59. The van der Waals surface area contributed by atoms with Crippen LogP contribution in [0.15, 0.2) is 22.7 Å². The molecule has 1 unspecified atom stereocenters. The zero-order valence-electron chi connectivity index (χ0n) is 8.13. The second-order valence-electron chi connectivity index (χ2n) is 3.29. The lowest BCUT2D eigenvalue weighted by molar-refractivity contribution is 0.620.